The van der Waals surface area contributed by atoms with Gasteiger partial charge in [-0.15, -0.1) is 0 Å². The first-order valence-electron chi connectivity index (χ1n) is 4.19. The van der Waals surface area contributed by atoms with Crippen molar-refractivity contribution in [3.8, 4) is 12.1 Å². The van der Waals surface area contributed by atoms with E-state index in [0.29, 0.717) is 0 Å². The van der Waals surface area contributed by atoms with Crippen LogP contribution in [0.2, 0.25) is 0 Å². The van der Waals surface area contributed by atoms with Crippen molar-refractivity contribution < 1.29 is 0 Å². The standard InChI is InChI=1S/C11H8N2/c12-7-11(8-13)9-3-1-2-4-10(11)6-5-9/h1-6,9-10H. The fourth-order valence-electron chi connectivity index (χ4n) is 1.89. The van der Waals surface area contributed by atoms with Crippen LogP contribution >= 0.6 is 0 Å². The Balaban J connectivity index is 2.56. The molecule has 0 radical (unpaired) electrons. The van der Waals surface area contributed by atoms with Crippen LogP contribution in [0, 0.1) is 39.9 Å². The molecular formula is C11H8N2. The average molecular weight is 168 g/mol. The van der Waals surface area contributed by atoms with Gasteiger partial charge in [0.15, 0.2) is 5.41 Å². The molecule has 0 heterocycles. The first-order chi connectivity index (χ1) is 6.33. The Morgan fingerprint density at radius 1 is 0.846 bits per heavy atom. The molecular weight excluding hydrogens is 160 g/mol. The Hall–Kier alpha value is -1.80. The van der Waals surface area contributed by atoms with E-state index in [0.717, 1.165) is 0 Å². The maximum absolute atomic E-state index is 9.07. The third-order valence-corrected chi connectivity index (χ3v) is 2.70. The van der Waals surface area contributed by atoms with Crippen molar-refractivity contribution in [3.05, 3.63) is 36.5 Å². The molecule has 0 aliphatic heterocycles. The zero-order chi connectivity index (χ0) is 9.31. The summed E-state index contributed by atoms with van der Waals surface area (Å²) in [4.78, 5) is 0. The number of nitriles is 2. The lowest BCUT2D eigenvalue weighted by Crippen LogP contribution is -2.27. The zero-order valence-electron chi connectivity index (χ0n) is 7.01. The highest BCUT2D eigenvalue weighted by Crippen LogP contribution is 2.44. The summed E-state index contributed by atoms with van der Waals surface area (Å²) in [6, 6.07) is 4.29. The molecule has 0 aromatic heterocycles. The smallest absolute Gasteiger partial charge is 0.163 e. The van der Waals surface area contributed by atoms with E-state index in [1.165, 1.54) is 0 Å². The van der Waals surface area contributed by atoms with Crippen molar-refractivity contribution in [2.45, 2.75) is 0 Å². The summed E-state index contributed by atoms with van der Waals surface area (Å²) >= 11 is 0. The SMILES string of the molecule is N#CC1(C#N)C2C=CC=CC1C=C2. The molecule has 2 heteroatoms. The number of fused-ring (bicyclic) bond motifs is 2. The summed E-state index contributed by atoms with van der Waals surface area (Å²) in [6.45, 7) is 0. The molecule has 2 atom stereocenters. The fraction of sp³-hybridized carbons (Fsp3) is 0.273. The highest BCUT2D eigenvalue weighted by atomic mass is 14.5. The molecule has 0 N–H and O–H groups in total. The molecule has 0 fully saturated rings. The lowest BCUT2D eigenvalue weighted by Gasteiger charge is -2.21. The van der Waals surface area contributed by atoms with Gasteiger partial charge in [-0.1, -0.05) is 36.5 Å². The summed E-state index contributed by atoms with van der Waals surface area (Å²) in [5, 5.41) is 18.1. The van der Waals surface area contributed by atoms with Crippen LogP contribution in [0.25, 0.3) is 0 Å². The molecule has 0 amide bonds. The summed E-state index contributed by atoms with van der Waals surface area (Å²) in [7, 11) is 0. The summed E-state index contributed by atoms with van der Waals surface area (Å²) in [5.74, 6) is -0.106. The Kier molecular flexibility index (Phi) is 1.57. The molecule has 2 unspecified atom stereocenters. The molecule has 2 nitrogen and oxygen atoms in total. The lowest BCUT2D eigenvalue weighted by molar-refractivity contribution is 0.411. The van der Waals surface area contributed by atoms with Gasteiger partial charge in [-0.25, -0.2) is 0 Å². The van der Waals surface area contributed by atoms with E-state index in [4.69, 9.17) is 10.5 Å². The second-order valence-electron chi connectivity index (χ2n) is 3.30. The van der Waals surface area contributed by atoms with Crippen molar-refractivity contribution in [2.75, 3.05) is 0 Å². The molecule has 62 valence electrons. The van der Waals surface area contributed by atoms with Crippen LogP contribution in [-0.4, -0.2) is 0 Å². The van der Waals surface area contributed by atoms with Gasteiger partial charge in [-0.05, 0) is 0 Å². The molecule has 0 saturated carbocycles. The van der Waals surface area contributed by atoms with Gasteiger partial charge < -0.3 is 0 Å². The van der Waals surface area contributed by atoms with Crippen LogP contribution in [0.15, 0.2) is 36.5 Å². The van der Waals surface area contributed by atoms with Gasteiger partial charge >= 0.3 is 0 Å². The summed E-state index contributed by atoms with van der Waals surface area (Å²) < 4.78 is 0. The Bertz CT molecular complexity index is 349. The first-order valence-corrected chi connectivity index (χ1v) is 4.19. The van der Waals surface area contributed by atoms with Crippen molar-refractivity contribution in [1.29, 1.82) is 10.5 Å². The van der Waals surface area contributed by atoms with E-state index < -0.39 is 5.41 Å². The summed E-state index contributed by atoms with van der Waals surface area (Å²) in [6.07, 6.45) is 11.5. The van der Waals surface area contributed by atoms with Crippen LogP contribution in [0.5, 0.6) is 0 Å². The zero-order valence-corrected chi connectivity index (χ0v) is 7.01. The van der Waals surface area contributed by atoms with Crippen LogP contribution in [0.1, 0.15) is 0 Å². The van der Waals surface area contributed by atoms with Gasteiger partial charge in [0.2, 0.25) is 0 Å². The minimum Gasteiger partial charge on any atom is -0.196 e. The van der Waals surface area contributed by atoms with E-state index in [9.17, 15) is 0 Å². The topological polar surface area (TPSA) is 47.6 Å². The minimum atomic E-state index is -0.899. The normalized spacial score (nSPS) is 32.2. The monoisotopic (exact) mass is 168 g/mol. The van der Waals surface area contributed by atoms with Crippen LogP contribution in [0.3, 0.4) is 0 Å². The first kappa shape index (κ1) is 7.83. The van der Waals surface area contributed by atoms with Gasteiger partial charge in [0.25, 0.3) is 0 Å². The van der Waals surface area contributed by atoms with E-state index in [-0.39, 0.29) is 11.8 Å². The number of hydrogen-bond acceptors (Lipinski definition) is 2. The molecule has 2 aliphatic rings. The molecule has 0 spiro atoms. The van der Waals surface area contributed by atoms with Crippen molar-refractivity contribution in [1.82, 2.24) is 0 Å². The second-order valence-corrected chi connectivity index (χ2v) is 3.30. The lowest BCUT2D eigenvalue weighted by atomic mass is 9.74. The highest BCUT2D eigenvalue weighted by molar-refractivity contribution is 5.39. The fourth-order valence-corrected chi connectivity index (χ4v) is 1.89. The van der Waals surface area contributed by atoms with Gasteiger partial charge in [-0.2, -0.15) is 10.5 Å². The van der Waals surface area contributed by atoms with Gasteiger partial charge in [0.1, 0.15) is 0 Å². The predicted molar refractivity (Wildman–Crippen MR) is 48.1 cm³/mol. The quantitative estimate of drug-likeness (QED) is 0.519. The van der Waals surface area contributed by atoms with Crippen LogP contribution < -0.4 is 0 Å². The van der Waals surface area contributed by atoms with Crippen molar-refractivity contribution in [2.24, 2.45) is 17.3 Å². The highest BCUT2D eigenvalue weighted by Gasteiger charge is 2.46. The van der Waals surface area contributed by atoms with Crippen molar-refractivity contribution in [3.63, 3.8) is 0 Å². The Morgan fingerprint density at radius 2 is 1.31 bits per heavy atom. The van der Waals surface area contributed by atoms with Crippen LogP contribution in [-0.2, 0) is 0 Å². The van der Waals surface area contributed by atoms with Gasteiger partial charge in [0.05, 0.1) is 12.1 Å². The third kappa shape index (κ3) is 0.862. The number of allylic oxidation sites excluding steroid dienone is 6. The van der Waals surface area contributed by atoms with E-state index in [2.05, 4.69) is 12.1 Å². The maximum atomic E-state index is 9.07. The predicted octanol–water partition coefficient (Wildman–Crippen LogP) is 1.95. The molecule has 0 saturated heterocycles. The molecule has 2 rings (SSSR count). The van der Waals surface area contributed by atoms with E-state index in [1.54, 1.807) is 0 Å². The van der Waals surface area contributed by atoms with E-state index in [1.807, 2.05) is 36.5 Å². The van der Waals surface area contributed by atoms with Gasteiger partial charge in [-0.3, -0.25) is 0 Å². The number of rotatable bonds is 0. The maximum Gasteiger partial charge on any atom is 0.163 e. The largest absolute Gasteiger partial charge is 0.196 e. The molecule has 0 aromatic carbocycles. The minimum absolute atomic E-state index is 0.0532. The summed E-state index contributed by atoms with van der Waals surface area (Å²) in [5.41, 5.74) is -0.899. The third-order valence-electron chi connectivity index (χ3n) is 2.70. The average Bonchev–Trinajstić information content (AvgIpc) is 2.36. The molecule has 2 aliphatic carbocycles. The van der Waals surface area contributed by atoms with E-state index >= 15 is 0 Å². The van der Waals surface area contributed by atoms with Crippen molar-refractivity contribution >= 4 is 0 Å². The van der Waals surface area contributed by atoms with Crippen LogP contribution in [0.4, 0.5) is 0 Å². The van der Waals surface area contributed by atoms with Gasteiger partial charge in [0, 0.05) is 11.8 Å². The molecule has 13 heavy (non-hydrogen) atoms. The second kappa shape index (κ2) is 2.61. The Morgan fingerprint density at radius 3 is 1.69 bits per heavy atom. The molecule has 0 aromatic rings. The Labute approximate surface area is 77.1 Å². The number of hydrogen-bond donors (Lipinski definition) is 0. The number of nitrogens with zero attached hydrogens (tertiary/aromatic N) is 2. The molecule has 2 bridgehead atoms.